The van der Waals surface area contributed by atoms with Gasteiger partial charge >= 0.3 is 6.55 Å². The Labute approximate surface area is 212 Å². The normalized spacial score (nSPS) is 26.9. The smallest absolute Gasteiger partial charge is 0.333 e. The van der Waals surface area contributed by atoms with Gasteiger partial charge in [0, 0.05) is 61.6 Å². The molecular formula is C22H29F2N7O3S2. The van der Waals surface area contributed by atoms with Crippen molar-refractivity contribution in [2.24, 2.45) is 16.8 Å². The SMILES string of the molecule is CC1CCC(CN(C)S(=O)(=O)N[C@H]2CC3=C(c4ccn(C(F)F)n4)CN=C(c4nccs4)N3C2)C1O. The van der Waals surface area contributed by atoms with Crippen LogP contribution in [0.5, 0.6) is 0 Å². The quantitative estimate of drug-likeness (QED) is 0.529. The molecule has 1 aliphatic carbocycles. The number of fused-ring (bicyclic) bond motifs is 1. The molecule has 10 nitrogen and oxygen atoms in total. The molecule has 36 heavy (non-hydrogen) atoms. The van der Waals surface area contributed by atoms with Crippen LogP contribution in [0.1, 0.15) is 43.4 Å². The highest BCUT2D eigenvalue weighted by Gasteiger charge is 2.40. The summed E-state index contributed by atoms with van der Waals surface area (Å²) in [7, 11) is -2.31. The number of rotatable bonds is 8. The van der Waals surface area contributed by atoms with E-state index >= 15 is 0 Å². The average Bonchev–Trinajstić information content (AvgIpc) is 3.62. The van der Waals surface area contributed by atoms with Crippen LogP contribution in [-0.2, 0) is 10.2 Å². The van der Waals surface area contributed by atoms with Crippen LogP contribution in [0.3, 0.4) is 0 Å². The highest BCUT2D eigenvalue weighted by molar-refractivity contribution is 7.87. The fraction of sp³-hybridized carbons (Fsp3) is 0.591. The predicted octanol–water partition coefficient (Wildman–Crippen LogP) is 2.15. The van der Waals surface area contributed by atoms with Crippen molar-refractivity contribution >= 4 is 33.0 Å². The summed E-state index contributed by atoms with van der Waals surface area (Å²) < 4.78 is 57.2. The molecule has 0 radical (unpaired) electrons. The molecule has 14 heteroatoms. The molecule has 3 unspecified atom stereocenters. The summed E-state index contributed by atoms with van der Waals surface area (Å²) in [4.78, 5) is 10.9. The van der Waals surface area contributed by atoms with E-state index in [1.165, 1.54) is 35.0 Å². The van der Waals surface area contributed by atoms with Crippen molar-refractivity contribution in [3.05, 3.63) is 40.2 Å². The minimum atomic E-state index is -3.82. The number of alkyl halides is 2. The van der Waals surface area contributed by atoms with Crippen molar-refractivity contribution < 1.29 is 22.3 Å². The van der Waals surface area contributed by atoms with E-state index in [9.17, 15) is 22.3 Å². The molecule has 1 saturated heterocycles. The van der Waals surface area contributed by atoms with E-state index in [0.717, 1.165) is 18.5 Å². The number of hydrogen-bond donors (Lipinski definition) is 2. The molecule has 0 bridgehead atoms. The molecule has 2 fully saturated rings. The zero-order chi connectivity index (χ0) is 25.6. The molecule has 4 heterocycles. The molecule has 5 rings (SSSR count). The Balaban J connectivity index is 1.37. The number of aliphatic hydroxyl groups is 1. The first kappa shape index (κ1) is 25.4. The Morgan fingerprint density at radius 1 is 1.36 bits per heavy atom. The van der Waals surface area contributed by atoms with Gasteiger partial charge in [-0.1, -0.05) is 6.92 Å². The number of amidine groups is 1. The van der Waals surface area contributed by atoms with Crippen LogP contribution < -0.4 is 4.72 Å². The van der Waals surface area contributed by atoms with E-state index < -0.39 is 28.9 Å². The molecule has 1 saturated carbocycles. The molecule has 4 atom stereocenters. The second-order valence-corrected chi connectivity index (χ2v) is 12.3. The summed E-state index contributed by atoms with van der Waals surface area (Å²) in [6.07, 6.45) is 4.41. The van der Waals surface area contributed by atoms with Gasteiger partial charge < -0.3 is 10.0 Å². The molecule has 0 amide bonds. The Hall–Kier alpha value is -2.26. The summed E-state index contributed by atoms with van der Waals surface area (Å²) in [5, 5.41) is 16.9. The van der Waals surface area contributed by atoms with Gasteiger partial charge in [0.05, 0.1) is 18.3 Å². The maximum atomic E-state index is 13.2. The number of thiazole rings is 1. The largest absolute Gasteiger partial charge is 0.393 e. The number of nitrogens with zero attached hydrogens (tertiary/aromatic N) is 6. The van der Waals surface area contributed by atoms with Gasteiger partial charge in [0.15, 0.2) is 10.8 Å². The Morgan fingerprint density at radius 3 is 2.81 bits per heavy atom. The molecular weight excluding hydrogens is 512 g/mol. The summed E-state index contributed by atoms with van der Waals surface area (Å²) in [6.45, 7) is 0.0190. The third-order valence-electron chi connectivity index (χ3n) is 7.18. The van der Waals surface area contributed by atoms with Gasteiger partial charge in [-0.3, -0.25) is 4.99 Å². The topological polar surface area (TPSA) is 116 Å². The second-order valence-electron chi connectivity index (χ2n) is 9.58. The van der Waals surface area contributed by atoms with Crippen LogP contribution >= 0.6 is 11.3 Å². The number of aromatic nitrogens is 3. The van der Waals surface area contributed by atoms with E-state index in [0.29, 0.717) is 39.8 Å². The van der Waals surface area contributed by atoms with Gasteiger partial charge in [-0.15, -0.1) is 11.3 Å². The molecule has 2 aromatic heterocycles. The van der Waals surface area contributed by atoms with Crippen molar-refractivity contribution in [2.75, 3.05) is 26.7 Å². The molecule has 3 aliphatic rings. The van der Waals surface area contributed by atoms with E-state index in [2.05, 4.69) is 19.8 Å². The van der Waals surface area contributed by atoms with Gasteiger partial charge in [-0.2, -0.15) is 31.3 Å². The van der Waals surface area contributed by atoms with Crippen LogP contribution in [0.2, 0.25) is 0 Å². The van der Waals surface area contributed by atoms with Crippen molar-refractivity contribution in [1.29, 1.82) is 0 Å². The first-order valence-corrected chi connectivity index (χ1v) is 14.1. The second kappa shape index (κ2) is 9.89. The van der Waals surface area contributed by atoms with Crippen molar-refractivity contribution in [3.8, 4) is 0 Å². The standard InChI is InChI=1S/C22H29F2N7O3S2/c1-13-3-4-14(19(13)32)11-29(2)36(33,34)28-15-9-18-16(17-5-7-31(27-17)22(23)24)10-26-20(30(18)12-15)21-25-6-8-35-21/h5-8,13-15,19,22,28,32H,3-4,9-12H2,1-2H3/t13?,14?,15-,19?/m0/s1. The lowest BCUT2D eigenvalue weighted by Crippen LogP contribution is -2.47. The van der Waals surface area contributed by atoms with E-state index in [1.807, 2.05) is 17.2 Å². The molecule has 196 valence electrons. The maximum absolute atomic E-state index is 13.2. The van der Waals surface area contributed by atoms with Crippen LogP contribution in [0, 0.1) is 11.8 Å². The van der Waals surface area contributed by atoms with E-state index in [4.69, 9.17) is 0 Å². The Kier molecular flexibility index (Phi) is 6.98. The van der Waals surface area contributed by atoms with Crippen LogP contribution in [0.15, 0.2) is 34.5 Å². The lowest BCUT2D eigenvalue weighted by atomic mass is 10.0. The highest BCUT2D eigenvalue weighted by Crippen LogP contribution is 2.36. The number of hydrogen-bond acceptors (Lipinski definition) is 8. The number of nitrogens with one attached hydrogen (secondary N) is 1. The average molecular weight is 542 g/mol. The summed E-state index contributed by atoms with van der Waals surface area (Å²) in [6, 6.07) is 1.06. The van der Waals surface area contributed by atoms with Gasteiger partial charge in [0.25, 0.3) is 10.2 Å². The lowest BCUT2D eigenvalue weighted by Gasteiger charge is -2.27. The fourth-order valence-corrected chi connectivity index (χ4v) is 7.01. The molecule has 0 spiro atoms. The first-order chi connectivity index (χ1) is 17.1. The third kappa shape index (κ3) is 4.84. The van der Waals surface area contributed by atoms with Crippen molar-refractivity contribution in [3.63, 3.8) is 0 Å². The first-order valence-electron chi connectivity index (χ1n) is 11.8. The number of halogens is 2. The fourth-order valence-electron chi connectivity index (χ4n) is 5.21. The van der Waals surface area contributed by atoms with Crippen LogP contribution in [-0.4, -0.2) is 82.2 Å². The molecule has 2 N–H and O–H groups in total. The number of aliphatic hydroxyl groups excluding tert-OH is 1. The van der Waals surface area contributed by atoms with E-state index in [-0.39, 0.29) is 24.9 Å². The Bertz CT molecular complexity index is 1260. The summed E-state index contributed by atoms with van der Waals surface area (Å²) in [5.41, 5.74) is 1.88. The molecule has 2 aliphatic heterocycles. The highest BCUT2D eigenvalue weighted by atomic mass is 32.2. The van der Waals surface area contributed by atoms with Gasteiger partial charge in [-0.05, 0) is 30.7 Å². The monoisotopic (exact) mass is 541 g/mol. The zero-order valence-corrected chi connectivity index (χ0v) is 21.6. The zero-order valence-electron chi connectivity index (χ0n) is 20.0. The van der Waals surface area contributed by atoms with Gasteiger partial charge in [-0.25, -0.2) is 9.67 Å². The number of aliphatic imine (C=N–C) groups is 1. The third-order valence-corrected chi connectivity index (χ3v) is 9.55. The van der Waals surface area contributed by atoms with Gasteiger partial charge in [0.1, 0.15) is 0 Å². The maximum Gasteiger partial charge on any atom is 0.333 e. The molecule has 0 aromatic carbocycles. The summed E-state index contributed by atoms with van der Waals surface area (Å²) >= 11 is 1.43. The lowest BCUT2D eigenvalue weighted by molar-refractivity contribution is 0.0564. The van der Waals surface area contributed by atoms with Crippen LogP contribution in [0.4, 0.5) is 8.78 Å². The van der Waals surface area contributed by atoms with Crippen molar-refractivity contribution in [2.45, 2.75) is 44.9 Å². The Morgan fingerprint density at radius 2 is 2.17 bits per heavy atom. The van der Waals surface area contributed by atoms with Gasteiger partial charge in [0.2, 0.25) is 0 Å². The minimum Gasteiger partial charge on any atom is -0.393 e. The van der Waals surface area contributed by atoms with Crippen molar-refractivity contribution in [1.82, 2.24) is 28.7 Å². The van der Waals surface area contributed by atoms with Crippen LogP contribution in [0.25, 0.3) is 5.57 Å². The minimum absolute atomic E-state index is 0.0978. The summed E-state index contributed by atoms with van der Waals surface area (Å²) in [5.74, 6) is 0.696. The molecule has 2 aromatic rings. The van der Waals surface area contributed by atoms with E-state index in [1.54, 1.807) is 6.20 Å². The predicted molar refractivity (Wildman–Crippen MR) is 132 cm³/mol.